The van der Waals surface area contributed by atoms with Gasteiger partial charge in [0.2, 0.25) is 0 Å². The van der Waals surface area contributed by atoms with Crippen molar-refractivity contribution < 1.29 is 27.5 Å². The molecular weight excluding hydrogens is 217 g/mol. The van der Waals surface area contributed by atoms with Gasteiger partial charge in [-0.15, -0.1) is 0 Å². The Morgan fingerprint density at radius 2 is 2.00 bits per heavy atom. The third-order valence-electron chi connectivity index (χ3n) is 1.71. The van der Waals surface area contributed by atoms with Crippen LogP contribution < -0.4 is 10.6 Å². The fourth-order valence-corrected chi connectivity index (χ4v) is 0.873. The van der Waals surface area contributed by atoms with Crippen LogP contribution >= 0.6 is 0 Å². The summed E-state index contributed by atoms with van der Waals surface area (Å²) in [7, 11) is 0. The maximum absolute atomic E-state index is 11.6. The maximum atomic E-state index is 11.6. The van der Waals surface area contributed by atoms with Crippen LogP contribution in [0.2, 0.25) is 0 Å². The minimum Gasteiger partial charge on any atom is -0.449 e. The van der Waals surface area contributed by atoms with Gasteiger partial charge in [-0.1, -0.05) is 0 Å². The molecule has 1 aliphatic heterocycles. The third-order valence-corrected chi connectivity index (χ3v) is 1.71. The molecule has 5 nitrogen and oxygen atoms in total. The molecule has 0 aromatic carbocycles. The molecule has 1 aliphatic rings. The van der Waals surface area contributed by atoms with Gasteiger partial charge in [-0.2, -0.15) is 13.2 Å². The van der Waals surface area contributed by atoms with Gasteiger partial charge in [0.15, 0.2) is 6.61 Å². The van der Waals surface area contributed by atoms with E-state index in [1.807, 2.05) is 0 Å². The van der Waals surface area contributed by atoms with Crippen molar-refractivity contribution in [1.82, 2.24) is 10.6 Å². The number of rotatable bonds is 3. The van der Waals surface area contributed by atoms with E-state index in [-0.39, 0.29) is 6.04 Å². The van der Waals surface area contributed by atoms with E-state index < -0.39 is 24.7 Å². The molecule has 2 N–H and O–H groups in total. The van der Waals surface area contributed by atoms with Crippen molar-refractivity contribution in [2.45, 2.75) is 12.2 Å². The van der Waals surface area contributed by atoms with Crippen LogP contribution in [-0.2, 0) is 14.3 Å². The number of amides is 1. The standard InChI is InChI=1S/C7H9F3N2O3/c8-7(9,10)6(14)15-3-5(13)12-4-1-11-2-4/h4,11H,1-3H2,(H,12,13). The smallest absolute Gasteiger partial charge is 0.449 e. The highest BCUT2D eigenvalue weighted by Crippen LogP contribution is 2.16. The fraction of sp³-hybridized carbons (Fsp3) is 0.714. The van der Waals surface area contributed by atoms with Crippen molar-refractivity contribution >= 4 is 11.9 Å². The van der Waals surface area contributed by atoms with Crippen LogP contribution in [0.3, 0.4) is 0 Å². The Kier molecular flexibility index (Phi) is 3.51. The molecule has 15 heavy (non-hydrogen) atoms. The van der Waals surface area contributed by atoms with Crippen LogP contribution in [0.25, 0.3) is 0 Å². The van der Waals surface area contributed by atoms with E-state index in [1.165, 1.54) is 0 Å². The van der Waals surface area contributed by atoms with Gasteiger partial charge in [-0.25, -0.2) is 4.79 Å². The van der Waals surface area contributed by atoms with E-state index in [0.717, 1.165) is 0 Å². The predicted molar refractivity (Wildman–Crippen MR) is 41.8 cm³/mol. The lowest BCUT2D eigenvalue weighted by atomic mass is 10.2. The molecule has 0 saturated carbocycles. The minimum absolute atomic E-state index is 0.0953. The van der Waals surface area contributed by atoms with Crippen LogP contribution in [0.1, 0.15) is 0 Å². The summed E-state index contributed by atoms with van der Waals surface area (Å²) < 4.78 is 38.6. The fourth-order valence-electron chi connectivity index (χ4n) is 0.873. The summed E-state index contributed by atoms with van der Waals surface area (Å²) in [5, 5.41) is 5.23. The molecule has 1 heterocycles. The third kappa shape index (κ3) is 3.74. The molecule has 0 bridgehead atoms. The molecule has 86 valence electrons. The Balaban J connectivity index is 2.18. The van der Waals surface area contributed by atoms with E-state index in [4.69, 9.17) is 0 Å². The van der Waals surface area contributed by atoms with Crippen molar-refractivity contribution in [2.75, 3.05) is 19.7 Å². The number of alkyl halides is 3. The SMILES string of the molecule is O=C(COC(=O)C(F)(F)F)NC1CNC1. The van der Waals surface area contributed by atoms with E-state index >= 15 is 0 Å². The van der Waals surface area contributed by atoms with E-state index in [0.29, 0.717) is 13.1 Å². The van der Waals surface area contributed by atoms with E-state index in [9.17, 15) is 22.8 Å². The Morgan fingerprint density at radius 1 is 1.40 bits per heavy atom. The van der Waals surface area contributed by atoms with Crippen LogP contribution in [0.15, 0.2) is 0 Å². The second-order valence-corrected chi connectivity index (χ2v) is 3.00. The molecule has 8 heteroatoms. The lowest BCUT2D eigenvalue weighted by Crippen LogP contribution is -2.57. The number of esters is 1. The average molecular weight is 226 g/mol. The zero-order chi connectivity index (χ0) is 11.5. The number of carbonyl (C=O) groups is 2. The summed E-state index contributed by atoms with van der Waals surface area (Å²) in [6.07, 6.45) is -5.06. The van der Waals surface area contributed by atoms with Crippen LogP contribution in [-0.4, -0.2) is 43.8 Å². The van der Waals surface area contributed by atoms with Gasteiger partial charge in [-0.3, -0.25) is 4.79 Å². The summed E-state index contributed by atoms with van der Waals surface area (Å²) in [6.45, 7) is 0.229. The lowest BCUT2D eigenvalue weighted by molar-refractivity contribution is -0.200. The number of ether oxygens (including phenoxy) is 1. The van der Waals surface area contributed by atoms with Gasteiger partial charge < -0.3 is 15.4 Å². The molecule has 0 spiro atoms. The van der Waals surface area contributed by atoms with Crippen LogP contribution in [0.4, 0.5) is 13.2 Å². The van der Waals surface area contributed by atoms with Crippen molar-refractivity contribution in [2.24, 2.45) is 0 Å². The van der Waals surface area contributed by atoms with Crippen LogP contribution in [0.5, 0.6) is 0 Å². The Bertz CT molecular complexity index is 263. The predicted octanol–water partition coefficient (Wildman–Crippen LogP) is -0.820. The number of halogens is 3. The first-order valence-electron chi connectivity index (χ1n) is 4.13. The first-order valence-corrected chi connectivity index (χ1v) is 4.13. The van der Waals surface area contributed by atoms with Crippen molar-refractivity contribution in [3.8, 4) is 0 Å². The quantitative estimate of drug-likeness (QED) is 0.617. The lowest BCUT2D eigenvalue weighted by Gasteiger charge is -2.27. The highest BCUT2D eigenvalue weighted by atomic mass is 19.4. The summed E-state index contributed by atoms with van der Waals surface area (Å²) in [6, 6.07) is -0.0953. The van der Waals surface area contributed by atoms with Gasteiger partial charge in [0.1, 0.15) is 0 Å². The molecular formula is C7H9F3N2O3. The Labute approximate surface area is 83.0 Å². The van der Waals surface area contributed by atoms with Gasteiger partial charge in [0.05, 0.1) is 6.04 Å². The van der Waals surface area contributed by atoms with Gasteiger partial charge in [-0.05, 0) is 0 Å². The summed E-state index contributed by atoms with van der Waals surface area (Å²) in [5.74, 6) is -3.09. The molecule has 0 unspecified atom stereocenters. The Morgan fingerprint density at radius 3 is 2.40 bits per heavy atom. The maximum Gasteiger partial charge on any atom is 0.490 e. The topological polar surface area (TPSA) is 67.4 Å². The molecule has 0 aromatic rings. The average Bonchev–Trinajstić information content (AvgIpc) is 2.05. The highest BCUT2D eigenvalue weighted by Gasteiger charge is 2.41. The summed E-state index contributed by atoms with van der Waals surface area (Å²) in [5.41, 5.74) is 0. The first-order chi connectivity index (χ1) is 6.89. The first kappa shape index (κ1) is 11.8. The number of carbonyl (C=O) groups excluding carboxylic acids is 2. The molecule has 0 atom stereocenters. The zero-order valence-electron chi connectivity index (χ0n) is 7.56. The second-order valence-electron chi connectivity index (χ2n) is 3.00. The Hall–Kier alpha value is -1.31. The number of hydrogen-bond donors (Lipinski definition) is 2. The van der Waals surface area contributed by atoms with E-state index in [2.05, 4.69) is 15.4 Å². The number of hydrogen-bond acceptors (Lipinski definition) is 4. The minimum atomic E-state index is -5.06. The molecule has 1 amide bonds. The van der Waals surface area contributed by atoms with Crippen molar-refractivity contribution in [3.63, 3.8) is 0 Å². The van der Waals surface area contributed by atoms with Crippen molar-refractivity contribution in [3.05, 3.63) is 0 Å². The second kappa shape index (κ2) is 4.47. The molecule has 1 rings (SSSR count). The van der Waals surface area contributed by atoms with Crippen LogP contribution in [0, 0.1) is 0 Å². The largest absolute Gasteiger partial charge is 0.490 e. The molecule has 1 fully saturated rings. The van der Waals surface area contributed by atoms with E-state index in [1.54, 1.807) is 0 Å². The summed E-state index contributed by atoms with van der Waals surface area (Å²) in [4.78, 5) is 21.1. The molecule has 0 aliphatic carbocycles. The molecule has 0 radical (unpaired) electrons. The molecule has 1 saturated heterocycles. The monoisotopic (exact) mass is 226 g/mol. The normalized spacial score (nSPS) is 16.7. The van der Waals surface area contributed by atoms with Crippen molar-refractivity contribution in [1.29, 1.82) is 0 Å². The van der Waals surface area contributed by atoms with Gasteiger partial charge in [0.25, 0.3) is 5.91 Å². The zero-order valence-corrected chi connectivity index (χ0v) is 7.56. The summed E-state index contributed by atoms with van der Waals surface area (Å²) >= 11 is 0. The van der Waals surface area contributed by atoms with Gasteiger partial charge >= 0.3 is 12.1 Å². The number of nitrogens with one attached hydrogen (secondary N) is 2. The molecule has 0 aromatic heterocycles. The highest BCUT2D eigenvalue weighted by molar-refractivity contribution is 5.82. The van der Waals surface area contributed by atoms with Gasteiger partial charge in [0, 0.05) is 13.1 Å².